The first-order chi connectivity index (χ1) is 10.7. The van der Waals surface area contributed by atoms with Gasteiger partial charge in [0.25, 0.3) is 0 Å². The van der Waals surface area contributed by atoms with Gasteiger partial charge >= 0.3 is 0 Å². The summed E-state index contributed by atoms with van der Waals surface area (Å²) in [5, 5.41) is 5.34. The lowest BCUT2D eigenvalue weighted by molar-refractivity contribution is -0.113. The van der Waals surface area contributed by atoms with E-state index in [1.165, 1.54) is 16.3 Å². The average Bonchev–Trinajstić information content (AvgIpc) is 2.55. The molecule has 0 aliphatic rings. The Morgan fingerprint density at radius 3 is 2.45 bits per heavy atom. The Hall–Kier alpha value is -2.26. The number of benzene rings is 3. The molecule has 0 spiro atoms. The molecule has 1 amide bonds. The van der Waals surface area contributed by atoms with Crippen molar-refractivity contribution in [2.24, 2.45) is 0 Å². The fraction of sp³-hybridized carbons (Fsp3) is 0.105. The minimum atomic E-state index is 0.0158. The lowest BCUT2D eigenvalue weighted by Crippen LogP contribution is -2.13. The summed E-state index contributed by atoms with van der Waals surface area (Å²) in [5.41, 5.74) is 2.03. The topological polar surface area (TPSA) is 29.1 Å². The zero-order valence-electron chi connectivity index (χ0n) is 12.4. The molecule has 0 radical (unpaired) electrons. The molecule has 2 nitrogen and oxygen atoms in total. The van der Waals surface area contributed by atoms with Crippen LogP contribution in [0.2, 0.25) is 0 Å². The fourth-order valence-electron chi connectivity index (χ4n) is 2.24. The van der Waals surface area contributed by atoms with Gasteiger partial charge in [0.15, 0.2) is 0 Å². The van der Waals surface area contributed by atoms with Crippen LogP contribution in [-0.4, -0.2) is 11.7 Å². The first kappa shape index (κ1) is 14.7. The highest BCUT2D eigenvalue weighted by molar-refractivity contribution is 8.00. The van der Waals surface area contributed by atoms with Crippen molar-refractivity contribution in [3.05, 3.63) is 72.3 Å². The van der Waals surface area contributed by atoms with Gasteiger partial charge in [-0.05, 0) is 42.0 Å². The summed E-state index contributed by atoms with van der Waals surface area (Å²) in [4.78, 5) is 13.1. The van der Waals surface area contributed by atoms with E-state index in [0.717, 1.165) is 10.6 Å². The number of carbonyl (C=O) groups excluding carboxylic acids is 1. The van der Waals surface area contributed by atoms with Crippen LogP contribution in [0.1, 0.15) is 5.56 Å². The summed E-state index contributed by atoms with van der Waals surface area (Å²) < 4.78 is 0. The van der Waals surface area contributed by atoms with Crippen LogP contribution in [0, 0.1) is 6.92 Å². The predicted molar refractivity (Wildman–Crippen MR) is 94.5 cm³/mol. The van der Waals surface area contributed by atoms with E-state index in [1.807, 2.05) is 43.3 Å². The summed E-state index contributed by atoms with van der Waals surface area (Å²) in [6.45, 7) is 2.03. The second-order valence-electron chi connectivity index (χ2n) is 5.21. The van der Waals surface area contributed by atoms with E-state index in [-0.39, 0.29) is 5.91 Å². The first-order valence-corrected chi connectivity index (χ1v) is 8.17. The second-order valence-corrected chi connectivity index (χ2v) is 6.26. The predicted octanol–water partition coefficient (Wildman–Crippen LogP) is 4.88. The van der Waals surface area contributed by atoms with Crippen molar-refractivity contribution < 1.29 is 4.79 Å². The van der Waals surface area contributed by atoms with Crippen molar-refractivity contribution >= 4 is 34.1 Å². The molecule has 1 N–H and O–H groups in total. The van der Waals surface area contributed by atoms with Crippen LogP contribution in [0.25, 0.3) is 10.8 Å². The molecule has 3 aromatic rings. The first-order valence-electron chi connectivity index (χ1n) is 7.19. The molecule has 3 rings (SSSR count). The average molecular weight is 307 g/mol. The van der Waals surface area contributed by atoms with Crippen molar-refractivity contribution in [3.8, 4) is 0 Å². The molecule has 0 aromatic heterocycles. The SMILES string of the molecule is Cc1ccc(NC(=O)CSc2ccc3ccccc3c2)cc1. The minimum absolute atomic E-state index is 0.0158. The zero-order chi connectivity index (χ0) is 15.4. The number of amides is 1. The van der Waals surface area contributed by atoms with Gasteiger partial charge < -0.3 is 5.32 Å². The van der Waals surface area contributed by atoms with Gasteiger partial charge in [-0.2, -0.15) is 0 Å². The van der Waals surface area contributed by atoms with Crippen LogP contribution >= 0.6 is 11.8 Å². The van der Waals surface area contributed by atoms with Crippen molar-refractivity contribution in [1.29, 1.82) is 0 Å². The summed E-state index contributed by atoms with van der Waals surface area (Å²) in [7, 11) is 0. The third-order valence-corrected chi connectivity index (χ3v) is 4.42. The van der Waals surface area contributed by atoms with Crippen LogP contribution in [0.3, 0.4) is 0 Å². The second kappa shape index (κ2) is 6.67. The third-order valence-electron chi connectivity index (χ3n) is 3.43. The summed E-state index contributed by atoms with van der Waals surface area (Å²) in [6, 6.07) is 22.4. The van der Waals surface area contributed by atoms with Crippen molar-refractivity contribution in [2.75, 3.05) is 11.1 Å². The number of fused-ring (bicyclic) bond motifs is 1. The summed E-state index contributed by atoms with van der Waals surface area (Å²) >= 11 is 1.55. The molecule has 0 heterocycles. The number of rotatable bonds is 4. The molecule has 0 saturated heterocycles. The van der Waals surface area contributed by atoms with Gasteiger partial charge in [0.2, 0.25) is 5.91 Å². The van der Waals surface area contributed by atoms with E-state index < -0.39 is 0 Å². The van der Waals surface area contributed by atoms with E-state index in [1.54, 1.807) is 11.8 Å². The largest absolute Gasteiger partial charge is 0.325 e. The van der Waals surface area contributed by atoms with Crippen molar-refractivity contribution in [3.63, 3.8) is 0 Å². The van der Waals surface area contributed by atoms with Gasteiger partial charge in [0.1, 0.15) is 0 Å². The molecule has 0 aliphatic heterocycles. The Kier molecular flexibility index (Phi) is 4.45. The van der Waals surface area contributed by atoms with Gasteiger partial charge in [0, 0.05) is 10.6 Å². The number of aryl methyl sites for hydroxylation is 1. The quantitative estimate of drug-likeness (QED) is 0.696. The molecule has 0 atom stereocenters. The van der Waals surface area contributed by atoms with E-state index in [4.69, 9.17) is 0 Å². The van der Waals surface area contributed by atoms with Crippen LogP contribution in [0.15, 0.2) is 71.6 Å². The normalized spacial score (nSPS) is 10.6. The Bertz CT molecular complexity index is 796. The molecule has 0 fully saturated rings. The maximum absolute atomic E-state index is 12.0. The number of hydrogen-bond donors (Lipinski definition) is 1. The molecule has 3 aromatic carbocycles. The number of hydrogen-bond acceptors (Lipinski definition) is 2. The van der Waals surface area contributed by atoms with Crippen molar-refractivity contribution in [1.82, 2.24) is 0 Å². The minimum Gasteiger partial charge on any atom is -0.325 e. The van der Waals surface area contributed by atoms with Crippen molar-refractivity contribution in [2.45, 2.75) is 11.8 Å². The van der Waals surface area contributed by atoms with Crippen LogP contribution < -0.4 is 5.32 Å². The smallest absolute Gasteiger partial charge is 0.234 e. The highest BCUT2D eigenvalue weighted by Gasteiger charge is 2.04. The maximum Gasteiger partial charge on any atom is 0.234 e. The Balaban J connectivity index is 1.60. The monoisotopic (exact) mass is 307 g/mol. The Morgan fingerprint density at radius 1 is 0.955 bits per heavy atom. The van der Waals surface area contributed by atoms with E-state index in [0.29, 0.717) is 5.75 Å². The molecule has 0 bridgehead atoms. The molecule has 0 aliphatic carbocycles. The molecule has 0 saturated carbocycles. The maximum atomic E-state index is 12.0. The number of nitrogens with one attached hydrogen (secondary N) is 1. The lowest BCUT2D eigenvalue weighted by atomic mass is 10.1. The van der Waals surface area contributed by atoms with Gasteiger partial charge in [-0.25, -0.2) is 0 Å². The van der Waals surface area contributed by atoms with Crippen LogP contribution in [-0.2, 0) is 4.79 Å². The van der Waals surface area contributed by atoms with Gasteiger partial charge in [-0.15, -0.1) is 11.8 Å². The van der Waals surface area contributed by atoms with Crippen LogP contribution in [0.4, 0.5) is 5.69 Å². The van der Waals surface area contributed by atoms with E-state index in [9.17, 15) is 4.79 Å². The molecule has 0 unspecified atom stereocenters. The molecule has 3 heteroatoms. The van der Waals surface area contributed by atoms with Gasteiger partial charge in [-0.1, -0.05) is 48.0 Å². The lowest BCUT2D eigenvalue weighted by Gasteiger charge is -2.06. The van der Waals surface area contributed by atoms with E-state index >= 15 is 0 Å². The Morgan fingerprint density at radius 2 is 1.68 bits per heavy atom. The summed E-state index contributed by atoms with van der Waals surface area (Å²) in [5.74, 6) is 0.425. The van der Waals surface area contributed by atoms with Gasteiger partial charge in [-0.3, -0.25) is 4.79 Å². The summed E-state index contributed by atoms with van der Waals surface area (Å²) in [6.07, 6.45) is 0. The van der Waals surface area contributed by atoms with Crippen LogP contribution in [0.5, 0.6) is 0 Å². The highest BCUT2D eigenvalue weighted by Crippen LogP contribution is 2.23. The molecule has 110 valence electrons. The number of carbonyl (C=O) groups is 1. The zero-order valence-corrected chi connectivity index (χ0v) is 13.2. The van der Waals surface area contributed by atoms with Gasteiger partial charge in [0.05, 0.1) is 5.75 Å². The standard InChI is InChI=1S/C19H17NOS/c1-14-6-9-17(10-7-14)20-19(21)13-22-18-11-8-15-4-2-3-5-16(15)12-18/h2-12H,13H2,1H3,(H,20,21). The number of thioether (sulfide) groups is 1. The van der Waals surface area contributed by atoms with E-state index in [2.05, 4.69) is 35.6 Å². The Labute approximate surface area is 134 Å². The fourth-order valence-corrected chi connectivity index (χ4v) is 2.98. The number of anilines is 1. The molecular formula is C19H17NOS. The third kappa shape index (κ3) is 3.68. The highest BCUT2D eigenvalue weighted by atomic mass is 32.2. The molecule has 22 heavy (non-hydrogen) atoms. The molecular weight excluding hydrogens is 290 g/mol.